The molecule has 2 aliphatic rings. The standard InChI is InChI=1S/C16H23ClN2O.2ClH/c17-13-3-1-12(2-4-13)9-15-10-16(20)11-19(15)14-5-7-18-8-6-14;;/h1-4,14-16,18,20H,5-11H2;2*1H/t15-,16+;;/m0../s1. The number of benzene rings is 1. The molecule has 3 nitrogen and oxygen atoms in total. The molecule has 0 saturated carbocycles. The van der Waals surface area contributed by atoms with E-state index in [0.717, 1.165) is 37.5 Å². The second-order valence-corrected chi connectivity index (χ2v) is 6.49. The zero-order valence-corrected chi connectivity index (χ0v) is 15.0. The molecule has 0 bridgehead atoms. The lowest BCUT2D eigenvalue weighted by molar-refractivity contribution is 0.126. The maximum absolute atomic E-state index is 10.0. The van der Waals surface area contributed by atoms with Crippen molar-refractivity contribution >= 4 is 36.4 Å². The van der Waals surface area contributed by atoms with Gasteiger partial charge in [-0.2, -0.15) is 0 Å². The summed E-state index contributed by atoms with van der Waals surface area (Å²) in [6, 6.07) is 9.22. The summed E-state index contributed by atoms with van der Waals surface area (Å²) < 4.78 is 0. The molecule has 2 heterocycles. The third-order valence-corrected chi connectivity index (χ3v) is 4.85. The summed E-state index contributed by atoms with van der Waals surface area (Å²) in [5.74, 6) is 0. The predicted molar refractivity (Wildman–Crippen MR) is 96.7 cm³/mol. The van der Waals surface area contributed by atoms with Crippen LogP contribution in [0.4, 0.5) is 0 Å². The highest BCUT2D eigenvalue weighted by atomic mass is 35.5. The number of likely N-dealkylation sites (tertiary alicyclic amines) is 1. The van der Waals surface area contributed by atoms with Crippen LogP contribution in [0.15, 0.2) is 24.3 Å². The number of nitrogens with zero attached hydrogens (tertiary/aromatic N) is 1. The van der Waals surface area contributed by atoms with E-state index in [0.29, 0.717) is 12.1 Å². The lowest BCUT2D eigenvalue weighted by Gasteiger charge is -2.35. The quantitative estimate of drug-likeness (QED) is 0.862. The van der Waals surface area contributed by atoms with E-state index in [1.807, 2.05) is 12.1 Å². The number of aliphatic hydroxyl groups excluding tert-OH is 1. The molecule has 0 spiro atoms. The molecule has 0 aliphatic carbocycles. The third-order valence-electron chi connectivity index (χ3n) is 4.60. The minimum Gasteiger partial charge on any atom is -0.392 e. The number of β-amino-alcohol motifs (C(OH)–C–C–N with tert-alkyl or cyclic N) is 1. The Bertz CT molecular complexity index is 438. The second kappa shape index (κ2) is 9.31. The summed E-state index contributed by atoms with van der Waals surface area (Å²) in [5.41, 5.74) is 1.31. The van der Waals surface area contributed by atoms with Gasteiger partial charge in [-0.15, -0.1) is 24.8 Å². The molecular weight excluding hydrogens is 343 g/mol. The van der Waals surface area contributed by atoms with Crippen molar-refractivity contribution in [2.45, 2.75) is 43.9 Å². The van der Waals surface area contributed by atoms with Gasteiger partial charge in [-0.05, 0) is 56.5 Å². The smallest absolute Gasteiger partial charge is 0.0682 e. The van der Waals surface area contributed by atoms with Crippen molar-refractivity contribution in [1.82, 2.24) is 10.2 Å². The number of halogens is 3. The van der Waals surface area contributed by atoms with Crippen LogP contribution in [0.1, 0.15) is 24.8 Å². The molecule has 2 atom stereocenters. The average Bonchev–Trinajstić information content (AvgIpc) is 2.83. The van der Waals surface area contributed by atoms with Gasteiger partial charge in [0.2, 0.25) is 0 Å². The Morgan fingerprint density at radius 2 is 1.77 bits per heavy atom. The maximum atomic E-state index is 10.0. The van der Waals surface area contributed by atoms with Gasteiger partial charge in [0.25, 0.3) is 0 Å². The highest BCUT2D eigenvalue weighted by Crippen LogP contribution is 2.27. The van der Waals surface area contributed by atoms with Crippen molar-refractivity contribution in [3.05, 3.63) is 34.9 Å². The highest BCUT2D eigenvalue weighted by Gasteiger charge is 2.35. The first-order valence-electron chi connectivity index (χ1n) is 7.61. The van der Waals surface area contributed by atoms with E-state index in [9.17, 15) is 5.11 Å². The Labute approximate surface area is 150 Å². The van der Waals surface area contributed by atoms with E-state index < -0.39 is 0 Å². The largest absolute Gasteiger partial charge is 0.392 e. The summed E-state index contributed by atoms with van der Waals surface area (Å²) >= 11 is 5.94. The monoisotopic (exact) mass is 366 g/mol. The van der Waals surface area contributed by atoms with Crippen molar-refractivity contribution in [1.29, 1.82) is 0 Å². The van der Waals surface area contributed by atoms with Gasteiger partial charge in [0, 0.05) is 23.7 Å². The lowest BCUT2D eigenvalue weighted by atomic mass is 9.99. The lowest BCUT2D eigenvalue weighted by Crippen LogP contribution is -2.46. The fraction of sp³-hybridized carbons (Fsp3) is 0.625. The number of hydrogen-bond acceptors (Lipinski definition) is 3. The molecule has 1 aromatic rings. The zero-order valence-electron chi connectivity index (χ0n) is 12.6. The van der Waals surface area contributed by atoms with Gasteiger partial charge in [-0.3, -0.25) is 4.90 Å². The topological polar surface area (TPSA) is 35.5 Å². The van der Waals surface area contributed by atoms with E-state index in [2.05, 4.69) is 22.3 Å². The minimum atomic E-state index is -0.165. The fourth-order valence-electron chi connectivity index (χ4n) is 3.60. The molecule has 2 fully saturated rings. The molecule has 0 aromatic heterocycles. The summed E-state index contributed by atoms with van der Waals surface area (Å²) in [6.45, 7) is 3.04. The normalized spacial score (nSPS) is 26.3. The first-order valence-corrected chi connectivity index (χ1v) is 7.99. The van der Waals surface area contributed by atoms with Crippen molar-refractivity contribution in [3.63, 3.8) is 0 Å². The second-order valence-electron chi connectivity index (χ2n) is 6.05. The number of nitrogens with one attached hydrogen (secondary N) is 1. The Balaban J connectivity index is 0.00000121. The molecule has 1 aromatic carbocycles. The predicted octanol–water partition coefficient (Wildman–Crippen LogP) is 2.91. The van der Waals surface area contributed by atoms with E-state index >= 15 is 0 Å². The Morgan fingerprint density at radius 3 is 2.41 bits per heavy atom. The van der Waals surface area contributed by atoms with E-state index in [1.165, 1.54) is 18.4 Å². The third kappa shape index (κ3) is 4.98. The van der Waals surface area contributed by atoms with E-state index in [1.54, 1.807) is 0 Å². The summed E-state index contributed by atoms with van der Waals surface area (Å²) in [5, 5.41) is 14.2. The van der Waals surface area contributed by atoms with Gasteiger partial charge in [0.05, 0.1) is 6.10 Å². The van der Waals surface area contributed by atoms with Gasteiger partial charge < -0.3 is 10.4 Å². The summed E-state index contributed by atoms with van der Waals surface area (Å²) in [6.07, 6.45) is 4.14. The zero-order chi connectivity index (χ0) is 13.9. The highest BCUT2D eigenvalue weighted by molar-refractivity contribution is 6.30. The van der Waals surface area contributed by atoms with Gasteiger partial charge in [-0.25, -0.2) is 0 Å². The molecule has 2 aliphatic heterocycles. The molecule has 6 heteroatoms. The molecule has 0 unspecified atom stereocenters. The average molecular weight is 368 g/mol. The minimum absolute atomic E-state index is 0. The van der Waals surface area contributed by atoms with Gasteiger partial charge in [0.15, 0.2) is 0 Å². The molecule has 126 valence electrons. The van der Waals surface area contributed by atoms with E-state index in [4.69, 9.17) is 11.6 Å². The Kier molecular flexibility index (Phi) is 8.47. The van der Waals surface area contributed by atoms with Crippen LogP contribution in [-0.4, -0.2) is 47.8 Å². The Hall–Kier alpha value is -0.0300. The number of aliphatic hydroxyl groups is 1. The van der Waals surface area contributed by atoms with Gasteiger partial charge >= 0.3 is 0 Å². The van der Waals surface area contributed by atoms with Crippen LogP contribution in [0.25, 0.3) is 0 Å². The van der Waals surface area contributed by atoms with Crippen molar-refractivity contribution in [2.24, 2.45) is 0 Å². The molecule has 2 saturated heterocycles. The molecule has 2 N–H and O–H groups in total. The molecule has 0 amide bonds. The number of hydrogen-bond donors (Lipinski definition) is 2. The van der Waals surface area contributed by atoms with Gasteiger partial charge in [0.1, 0.15) is 0 Å². The van der Waals surface area contributed by atoms with Crippen LogP contribution in [-0.2, 0) is 6.42 Å². The van der Waals surface area contributed by atoms with Crippen LogP contribution < -0.4 is 5.32 Å². The van der Waals surface area contributed by atoms with Crippen molar-refractivity contribution in [3.8, 4) is 0 Å². The Morgan fingerprint density at radius 1 is 1.14 bits per heavy atom. The first-order chi connectivity index (χ1) is 9.72. The van der Waals surface area contributed by atoms with Crippen LogP contribution >= 0.6 is 36.4 Å². The SMILES string of the molecule is Cl.Cl.O[C@@H]1C[C@H](Cc2ccc(Cl)cc2)N(C2CCNCC2)C1. The van der Waals surface area contributed by atoms with Crippen LogP contribution in [0.2, 0.25) is 5.02 Å². The number of rotatable bonds is 3. The van der Waals surface area contributed by atoms with Crippen molar-refractivity contribution in [2.75, 3.05) is 19.6 Å². The van der Waals surface area contributed by atoms with Crippen molar-refractivity contribution < 1.29 is 5.11 Å². The molecule has 3 rings (SSSR count). The summed E-state index contributed by atoms with van der Waals surface area (Å²) in [7, 11) is 0. The van der Waals surface area contributed by atoms with Crippen LogP contribution in [0.5, 0.6) is 0 Å². The van der Waals surface area contributed by atoms with Crippen LogP contribution in [0, 0.1) is 0 Å². The maximum Gasteiger partial charge on any atom is 0.0682 e. The first kappa shape index (κ1) is 20.0. The molecule has 0 radical (unpaired) electrons. The summed E-state index contributed by atoms with van der Waals surface area (Å²) in [4.78, 5) is 2.54. The molecular formula is C16H25Cl3N2O. The van der Waals surface area contributed by atoms with Crippen LogP contribution in [0.3, 0.4) is 0 Å². The van der Waals surface area contributed by atoms with E-state index in [-0.39, 0.29) is 30.9 Å². The fourth-order valence-corrected chi connectivity index (χ4v) is 3.72. The van der Waals surface area contributed by atoms with Gasteiger partial charge in [-0.1, -0.05) is 23.7 Å². The molecule has 22 heavy (non-hydrogen) atoms. The number of piperidine rings is 1.